The van der Waals surface area contributed by atoms with Gasteiger partial charge in [-0.15, -0.1) is 11.3 Å². The molecule has 128 valence electrons. The number of nitrogens with zero attached hydrogens (tertiary/aromatic N) is 4. The second-order valence-electron chi connectivity index (χ2n) is 5.85. The Kier molecular flexibility index (Phi) is 4.52. The van der Waals surface area contributed by atoms with Crippen LogP contribution in [0.2, 0.25) is 0 Å². The van der Waals surface area contributed by atoms with Crippen LogP contribution in [-0.4, -0.2) is 33.1 Å². The van der Waals surface area contributed by atoms with Gasteiger partial charge in [-0.2, -0.15) is 0 Å². The van der Waals surface area contributed by atoms with Crippen LogP contribution in [0.5, 0.6) is 0 Å². The molecule has 0 spiro atoms. The van der Waals surface area contributed by atoms with Gasteiger partial charge in [-0.25, -0.2) is 9.78 Å². The number of amides is 1. The van der Waals surface area contributed by atoms with Crippen molar-refractivity contribution < 1.29 is 4.79 Å². The maximum Gasteiger partial charge on any atom is 0.332 e. The molecule has 8 nitrogen and oxygen atoms in total. The summed E-state index contributed by atoms with van der Waals surface area (Å²) in [6.07, 6.45) is 3.23. The molecule has 0 saturated carbocycles. The highest BCUT2D eigenvalue weighted by atomic mass is 32.1. The van der Waals surface area contributed by atoms with Crippen LogP contribution in [-0.2, 0) is 18.9 Å². The van der Waals surface area contributed by atoms with Crippen molar-refractivity contribution in [1.82, 2.24) is 14.1 Å². The van der Waals surface area contributed by atoms with Gasteiger partial charge in [0.05, 0.1) is 5.92 Å². The van der Waals surface area contributed by atoms with Gasteiger partial charge < -0.3 is 10.2 Å². The van der Waals surface area contributed by atoms with Crippen LogP contribution in [0, 0.1) is 5.92 Å². The first-order valence-electron chi connectivity index (χ1n) is 7.69. The van der Waals surface area contributed by atoms with Gasteiger partial charge in [0.15, 0.2) is 5.13 Å². The fraction of sp³-hybridized carbons (Fsp3) is 0.467. The minimum atomic E-state index is -0.369. The fourth-order valence-corrected chi connectivity index (χ4v) is 3.45. The van der Waals surface area contributed by atoms with Crippen LogP contribution in [0.25, 0.3) is 0 Å². The number of hydrogen-bond acceptors (Lipinski definition) is 6. The molecule has 1 atom stereocenters. The average molecular weight is 349 g/mol. The normalized spacial score (nSPS) is 17.8. The summed E-state index contributed by atoms with van der Waals surface area (Å²) in [4.78, 5) is 42.4. The van der Waals surface area contributed by atoms with E-state index in [-0.39, 0.29) is 23.1 Å². The lowest BCUT2D eigenvalue weighted by Gasteiger charge is -2.34. The van der Waals surface area contributed by atoms with Crippen molar-refractivity contribution in [3.05, 3.63) is 38.5 Å². The summed E-state index contributed by atoms with van der Waals surface area (Å²) >= 11 is 1.37. The summed E-state index contributed by atoms with van der Waals surface area (Å²) in [5, 5.41) is 5.20. The molecule has 3 heterocycles. The average Bonchev–Trinajstić information content (AvgIpc) is 3.09. The van der Waals surface area contributed by atoms with Crippen LogP contribution in [0.1, 0.15) is 12.8 Å². The predicted molar refractivity (Wildman–Crippen MR) is 92.6 cm³/mol. The topological polar surface area (TPSA) is 89.2 Å². The molecule has 1 N–H and O–H groups in total. The van der Waals surface area contributed by atoms with Crippen molar-refractivity contribution in [1.29, 1.82) is 0 Å². The van der Waals surface area contributed by atoms with Crippen LogP contribution in [0.4, 0.5) is 10.9 Å². The van der Waals surface area contributed by atoms with Gasteiger partial charge in [0.1, 0.15) is 5.82 Å². The molecule has 1 aliphatic rings. The van der Waals surface area contributed by atoms with Crippen molar-refractivity contribution in [2.45, 2.75) is 12.8 Å². The van der Waals surface area contributed by atoms with Gasteiger partial charge >= 0.3 is 5.69 Å². The van der Waals surface area contributed by atoms with E-state index < -0.39 is 0 Å². The highest BCUT2D eigenvalue weighted by Gasteiger charge is 2.28. The lowest BCUT2D eigenvalue weighted by Crippen LogP contribution is -2.45. The summed E-state index contributed by atoms with van der Waals surface area (Å²) in [6, 6.07) is 1.45. The number of anilines is 2. The van der Waals surface area contributed by atoms with Crippen LogP contribution in [0.15, 0.2) is 27.2 Å². The van der Waals surface area contributed by atoms with Gasteiger partial charge in [-0.3, -0.25) is 18.7 Å². The van der Waals surface area contributed by atoms with Crippen molar-refractivity contribution >= 4 is 28.2 Å². The van der Waals surface area contributed by atoms with Crippen molar-refractivity contribution in [2.75, 3.05) is 23.3 Å². The Balaban J connectivity index is 1.80. The summed E-state index contributed by atoms with van der Waals surface area (Å²) in [5.74, 6) is 0.264. The summed E-state index contributed by atoms with van der Waals surface area (Å²) in [7, 11) is 3.09. The number of rotatable bonds is 3. The molecular formula is C15H19N5O3S. The van der Waals surface area contributed by atoms with E-state index in [1.807, 2.05) is 4.90 Å². The lowest BCUT2D eigenvalue weighted by atomic mass is 9.97. The zero-order valence-electron chi connectivity index (χ0n) is 13.6. The van der Waals surface area contributed by atoms with Gasteiger partial charge in [0, 0.05) is 44.8 Å². The Bertz CT molecular complexity index is 855. The zero-order valence-corrected chi connectivity index (χ0v) is 14.4. The van der Waals surface area contributed by atoms with E-state index in [2.05, 4.69) is 10.3 Å². The summed E-state index contributed by atoms with van der Waals surface area (Å²) in [6.45, 7) is 1.18. The molecule has 2 aromatic rings. The lowest BCUT2D eigenvalue weighted by molar-refractivity contribution is -0.120. The molecule has 0 aliphatic carbocycles. The second kappa shape index (κ2) is 6.60. The van der Waals surface area contributed by atoms with Gasteiger partial charge in [-0.05, 0) is 12.8 Å². The second-order valence-corrected chi connectivity index (χ2v) is 6.75. The highest BCUT2D eigenvalue weighted by Crippen LogP contribution is 2.23. The Morgan fingerprint density at radius 3 is 2.83 bits per heavy atom. The maximum absolute atomic E-state index is 12.4. The molecule has 1 fully saturated rings. The molecule has 1 saturated heterocycles. The molecule has 1 amide bonds. The van der Waals surface area contributed by atoms with E-state index in [0.717, 1.165) is 17.4 Å². The monoisotopic (exact) mass is 349 g/mol. The maximum atomic E-state index is 12.4. The number of hydrogen-bond donors (Lipinski definition) is 1. The summed E-state index contributed by atoms with van der Waals surface area (Å²) < 4.78 is 2.52. The molecule has 9 heteroatoms. The number of carbonyl (C=O) groups is 1. The minimum absolute atomic E-state index is 0.0801. The third-order valence-corrected chi connectivity index (χ3v) is 4.97. The van der Waals surface area contributed by atoms with Gasteiger partial charge in [0.25, 0.3) is 5.56 Å². The van der Waals surface area contributed by atoms with E-state index in [1.165, 1.54) is 29.0 Å². The van der Waals surface area contributed by atoms with Crippen molar-refractivity contribution in [2.24, 2.45) is 20.0 Å². The molecule has 0 unspecified atom stereocenters. The first-order chi connectivity index (χ1) is 11.5. The fourth-order valence-electron chi connectivity index (χ4n) is 2.92. The number of piperidine rings is 1. The molecule has 0 bridgehead atoms. The first kappa shape index (κ1) is 16.4. The number of aromatic nitrogens is 3. The zero-order chi connectivity index (χ0) is 17.3. The molecular weight excluding hydrogens is 330 g/mol. The van der Waals surface area contributed by atoms with Crippen molar-refractivity contribution in [3.8, 4) is 0 Å². The predicted octanol–water partition coefficient (Wildman–Crippen LogP) is 0.396. The molecule has 0 aromatic carbocycles. The van der Waals surface area contributed by atoms with E-state index in [0.29, 0.717) is 24.0 Å². The first-order valence-corrected chi connectivity index (χ1v) is 8.57. The Hall–Kier alpha value is -2.42. The molecule has 0 radical (unpaired) electrons. The van der Waals surface area contributed by atoms with E-state index >= 15 is 0 Å². The summed E-state index contributed by atoms with van der Waals surface area (Å²) in [5.41, 5.74) is -0.714. The minimum Gasteiger partial charge on any atom is -0.357 e. The highest BCUT2D eigenvalue weighted by molar-refractivity contribution is 7.13. The van der Waals surface area contributed by atoms with E-state index in [4.69, 9.17) is 0 Å². The molecule has 3 rings (SSSR count). The quantitative estimate of drug-likeness (QED) is 0.866. The largest absolute Gasteiger partial charge is 0.357 e. The van der Waals surface area contributed by atoms with Gasteiger partial charge in [0.2, 0.25) is 5.91 Å². The Morgan fingerprint density at radius 2 is 2.12 bits per heavy atom. The van der Waals surface area contributed by atoms with Crippen molar-refractivity contribution in [3.63, 3.8) is 0 Å². The van der Waals surface area contributed by atoms with Crippen LogP contribution >= 0.6 is 11.3 Å². The smallest absolute Gasteiger partial charge is 0.332 e. The molecule has 2 aromatic heterocycles. The third-order valence-electron chi connectivity index (χ3n) is 4.28. The number of thiazole rings is 1. The molecule has 1 aliphatic heterocycles. The van der Waals surface area contributed by atoms with E-state index in [9.17, 15) is 14.4 Å². The SMILES string of the molecule is Cn1c(N2CCC[C@@H](C(=O)Nc3nccs3)C2)cc(=O)n(C)c1=O. The van der Waals surface area contributed by atoms with Gasteiger partial charge in [-0.1, -0.05) is 0 Å². The Labute approximate surface area is 142 Å². The number of carbonyl (C=O) groups excluding carboxylic acids is 1. The standard InChI is InChI=1S/C15H19N5O3S/c1-18-11(8-12(21)19(2)15(18)23)20-6-3-4-10(9-20)13(22)17-14-16-5-7-24-14/h5,7-8,10H,3-4,6,9H2,1-2H3,(H,16,17,22)/t10-/m1/s1. The van der Waals surface area contributed by atoms with Crippen LogP contribution in [0.3, 0.4) is 0 Å². The third kappa shape index (κ3) is 3.12. The molecule has 24 heavy (non-hydrogen) atoms. The van der Waals surface area contributed by atoms with E-state index in [1.54, 1.807) is 18.6 Å². The number of nitrogens with one attached hydrogen (secondary N) is 1. The van der Waals surface area contributed by atoms with Crippen LogP contribution < -0.4 is 21.5 Å². The Morgan fingerprint density at radius 1 is 1.33 bits per heavy atom.